The van der Waals surface area contributed by atoms with E-state index in [0.29, 0.717) is 6.04 Å². The average molecular weight is 254 g/mol. The van der Waals surface area contributed by atoms with Crippen LogP contribution in [0.25, 0.3) is 10.8 Å². The first-order valence-electron chi connectivity index (χ1n) is 7.33. The number of nitrogens with zero attached hydrogens (tertiary/aromatic N) is 1. The van der Waals surface area contributed by atoms with Gasteiger partial charge in [-0.2, -0.15) is 0 Å². The van der Waals surface area contributed by atoms with E-state index < -0.39 is 0 Å². The summed E-state index contributed by atoms with van der Waals surface area (Å²) in [5, 5.41) is 6.26. The second kappa shape index (κ2) is 5.20. The Hall–Kier alpha value is -1.57. The highest BCUT2D eigenvalue weighted by Gasteiger charge is 2.25. The highest BCUT2D eigenvalue weighted by atomic mass is 14.9. The number of nitrogens with one attached hydrogen (secondary N) is 1. The van der Waals surface area contributed by atoms with Crippen LogP contribution in [0, 0.1) is 11.8 Å². The summed E-state index contributed by atoms with van der Waals surface area (Å²) in [6.45, 7) is 4.73. The molecule has 0 radical (unpaired) electrons. The van der Waals surface area contributed by atoms with Crippen molar-refractivity contribution >= 4 is 16.5 Å². The Labute approximate surface area is 115 Å². The van der Waals surface area contributed by atoms with Crippen LogP contribution in [0.4, 0.5) is 5.69 Å². The number of benzene rings is 1. The van der Waals surface area contributed by atoms with Gasteiger partial charge in [0.05, 0.1) is 0 Å². The molecule has 1 aromatic heterocycles. The summed E-state index contributed by atoms with van der Waals surface area (Å²) >= 11 is 0. The number of hydrogen-bond donors (Lipinski definition) is 1. The Bertz CT molecular complexity index is 559. The first-order valence-corrected chi connectivity index (χ1v) is 7.33. The topological polar surface area (TPSA) is 24.9 Å². The molecule has 19 heavy (non-hydrogen) atoms. The van der Waals surface area contributed by atoms with Crippen LogP contribution in [0.2, 0.25) is 0 Å². The van der Waals surface area contributed by atoms with Gasteiger partial charge in [0.2, 0.25) is 0 Å². The average Bonchev–Trinajstić information content (AvgIpc) is 2.43. The van der Waals surface area contributed by atoms with Crippen molar-refractivity contribution in [3.05, 3.63) is 36.7 Å². The van der Waals surface area contributed by atoms with Gasteiger partial charge in [-0.3, -0.25) is 4.98 Å². The number of hydrogen-bond acceptors (Lipinski definition) is 2. The summed E-state index contributed by atoms with van der Waals surface area (Å²) in [5.74, 6) is 1.59. The summed E-state index contributed by atoms with van der Waals surface area (Å²) in [4.78, 5) is 4.26. The van der Waals surface area contributed by atoms with Gasteiger partial charge in [-0.25, -0.2) is 0 Å². The number of pyridine rings is 1. The van der Waals surface area contributed by atoms with Crippen LogP contribution < -0.4 is 5.32 Å². The van der Waals surface area contributed by atoms with E-state index >= 15 is 0 Å². The molecule has 0 bridgehead atoms. The van der Waals surface area contributed by atoms with E-state index in [1.165, 1.54) is 35.7 Å². The van der Waals surface area contributed by atoms with Crippen LogP contribution in [0.1, 0.15) is 33.1 Å². The van der Waals surface area contributed by atoms with Gasteiger partial charge in [0, 0.05) is 29.5 Å². The van der Waals surface area contributed by atoms with Crippen LogP contribution in [0.3, 0.4) is 0 Å². The fraction of sp³-hybridized carbons (Fsp3) is 0.471. The molecule has 0 amide bonds. The Morgan fingerprint density at radius 1 is 1.16 bits per heavy atom. The zero-order valence-electron chi connectivity index (χ0n) is 11.8. The SMILES string of the molecule is CC1CCC(C)C(Nc2cccc3ccncc23)C1. The summed E-state index contributed by atoms with van der Waals surface area (Å²) < 4.78 is 0. The van der Waals surface area contributed by atoms with E-state index in [1.54, 1.807) is 0 Å². The van der Waals surface area contributed by atoms with E-state index in [4.69, 9.17) is 0 Å². The van der Waals surface area contributed by atoms with Crippen molar-refractivity contribution in [3.63, 3.8) is 0 Å². The molecule has 3 rings (SSSR count). The van der Waals surface area contributed by atoms with Gasteiger partial charge < -0.3 is 5.32 Å². The zero-order valence-corrected chi connectivity index (χ0v) is 11.8. The van der Waals surface area contributed by atoms with Gasteiger partial charge in [0.15, 0.2) is 0 Å². The van der Waals surface area contributed by atoms with Crippen LogP contribution in [0.15, 0.2) is 36.7 Å². The van der Waals surface area contributed by atoms with Crippen molar-refractivity contribution in [2.75, 3.05) is 5.32 Å². The monoisotopic (exact) mass is 254 g/mol. The molecule has 2 heteroatoms. The van der Waals surface area contributed by atoms with Crippen molar-refractivity contribution in [2.45, 2.75) is 39.2 Å². The van der Waals surface area contributed by atoms with E-state index in [0.717, 1.165) is 11.8 Å². The third-order valence-corrected chi connectivity index (χ3v) is 4.48. The maximum Gasteiger partial charge on any atom is 0.0437 e. The van der Waals surface area contributed by atoms with Crippen molar-refractivity contribution in [3.8, 4) is 0 Å². The highest BCUT2D eigenvalue weighted by Crippen LogP contribution is 2.32. The van der Waals surface area contributed by atoms with Crippen LogP contribution in [0.5, 0.6) is 0 Å². The van der Waals surface area contributed by atoms with Crippen molar-refractivity contribution in [1.29, 1.82) is 0 Å². The van der Waals surface area contributed by atoms with Crippen LogP contribution >= 0.6 is 0 Å². The maximum absolute atomic E-state index is 4.26. The normalized spacial score (nSPS) is 27.4. The molecular weight excluding hydrogens is 232 g/mol. The van der Waals surface area contributed by atoms with Crippen LogP contribution in [-0.2, 0) is 0 Å². The van der Waals surface area contributed by atoms with Gasteiger partial charge in [-0.05, 0) is 42.2 Å². The summed E-state index contributed by atoms with van der Waals surface area (Å²) in [6, 6.07) is 9.12. The summed E-state index contributed by atoms with van der Waals surface area (Å²) in [5.41, 5.74) is 1.23. The molecule has 1 fully saturated rings. The molecule has 1 aliphatic rings. The Morgan fingerprint density at radius 3 is 2.95 bits per heavy atom. The van der Waals surface area contributed by atoms with E-state index in [2.05, 4.69) is 48.4 Å². The first-order chi connectivity index (χ1) is 9.24. The fourth-order valence-corrected chi connectivity index (χ4v) is 3.17. The Morgan fingerprint density at radius 2 is 2.05 bits per heavy atom. The minimum atomic E-state index is 0.592. The first kappa shape index (κ1) is 12.5. The molecule has 1 aliphatic carbocycles. The van der Waals surface area contributed by atoms with E-state index in [1.807, 2.05) is 12.4 Å². The largest absolute Gasteiger partial charge is 0.381 e. The molecule has 0 saturated heterocycles. The molecule has 2 aromatic rings. The Kier molecular flexibility index (Phi) is 3.41. The second-order valence-electron chi connectivity index (χ2n) is 6.05. The minimum Gasteiger partial charge on any atom is -0.381 e. The molecule has 1 heterocycles. The third kappa shape index (κ3) is 2.58. The number of rotatable bonds is 2. The van der Waals surface area contributed by atoms with E-state index in [-0.39, 0.29) is 0 Å². The minimum absolute atomic E-state index is 0.592. The van der Waals surface area contributed by atoms with Gasteiger partial charge in [0.25, 0.3) is 0 Å². The molecule has 0 spiro atoms. The molecule has 3 unspecified atom stereocenters. The van der Waals surface area contributed by atoms with Gasteiger partial charge in [-0.1, -0.05) is 32.4 Å². The molecule has 100 valence electrons. The molecule has 3 atom stereocenters. The maximum atomic E-state index is 4.26. The zero-order chi connectivity index (χ0) is 13.2. The van der Waals surface area contributed by atoms with Gasteiger partial charge in [0.1, 0.15) is 0 Å². The van der Waals surface area contributed by atoms with Crippen molar-refractivity contribution in [2.24, 2.45) is 11.8 Å². The quantitative estimate of drug-likeness (QED) is 0.855. The summed E-state index contributed by atoms with van der Waals surface area (Å²) in [6.07, 6.45) is 7.81. The standard InChI is InChI=1S/C17H22N2/c1-12-6-7-13(2)17(10-12)19-16-5-3-4-14-8-9-18-11-15(14)16/h3-5,8-9,11-13,17,19H,6-7,10H2,1-2H3. The van der Waals surface area contributed by atoms with E-state index in [9.17, 15) is 0 Å². The molecular formula is C17H22N2. The molecule has 0 aliphatic heterocycles. The van der Waals surface area contributed by atoms with Crippen molar-refractivity contribution < 1.29 is 0 Å². The lowest BCUT2D eigenvalue weighted by molar-refractivity contribution is 0.281. The summed E-state index contributed by atoms with van der Waals surface area (Å²) in [7, 11) is 0. The lowest BCUT2D eigenvalue weighted by Gasteiger charge is -2.34. The van der Waals surface area contributed by atoms with Gasteiger partial charge in [-0.15, -0.1) is 0 Å². The third-order valence-electron chi connectivity index (χ3n) is 4.48. The molecule has 2 nitrogen and oxygen atoms in total. The predicted octanol–water partition coefficient (Wildman–Crippen LogP) is 4.47. The highest BCUT2D eigenvalue weighted by molar-refractivity contribution is 5.93. The second-order valence-corrected chi connectivity index (χ2v) is 6.05. The number of fused-ring (bicyclic) bond motifs is 1. The lowest BCUT2D eigenvalue weighted by Crippen LogP contribution is -2.33. The molecule has 1 saturated carbocycles. The van der Waals surface area contributed by atoms with Crippen LogP contribution in [-0.4, -0.2) is 11.0 Å². The predicted molar refractivity (Wildman–Crippen MR) is 81.3 cm³/mol. The molecule has 1 aromatic carbocycles. The number of aromatic nitrogens is 1. The van der Waals surface area contributed by atoms with Gasteiger partial charge >= 0.3 is 0 Å². The molecule has 1 N–H and O–H groups in total. The number of anilines is 1. The fourth-order valence-electron chi connectivity index (χ4n) is 3.17. The van der Waals surface area contributed by atoms with Crippen molar-refractivity contribution in [1.82, 2.24) is 4.98 Å². The Balaban J connectivity index is 1.88. The lowest BCUT2D eigenvalue weighted by atomic mass is 9.80. The smallest absolute Gasteiger partial charge is 0.0437 e.